The molecule has 7 nitrogen and oxygen atoms in total. The molecule has 0 aliphatic carbocycles. The third-order valence-electron chi connectivity index (χ3n) is 2.22. The molecule has 0 aromatic carbocycles. The van der Waals surface area contributed by atoms with Crippen LogP contribution in [0.2, 0.25) is 0 Å². The van der Waals surface area contributed by atoms with E-state index in [9.17, 15) is 10.1 Å². The highest BCUT2D eigenvalue weighted by atomic mass is 32.1. The van der Waals surface area contributed by atoms with Gasteiger partial charge >= 0.3 is 5.82 Å². The number of aromatic nitrogens is 2. The van der Waals surface area contributed by atoms with Gasteiger partial charge in [0.15, 0.2) is 0 Å². The average Bonchev–Trinajstić information content (AvgIpc) is 2.74. The van der Waals surface area contributed by atoms with Crippen LogP contribution in [-0.4, -0.2) is 34.4 Å². The summed E-state index contributed by atoms with van der Waals surface area (Å²) in [6, 6.07) is 0. The predicted molar refractivity (Wildman–Crippen MR) is 62.0 cm³/mol. The Kier molecular flexibility index (Phi) is 2.75. The molecule has 16 heavy (non-hydrogen) atoms. The first-order valence-corrected chi connectivity index (χ1v) is 5.54. The standard InChI is InChI=1S/C8H11N5O2S/c1-11(3-2-9)6-7(13(14)15)12-4-5-16-8(12)10-6/h4-5H,2-3,9H2,1H3. The Labute approximate surface area is 95.3 Å². The number of imidazole rings is 1. The van der Waals surface area contributed by atoms with Crippen molar-refractivity contribution in [3.05, 3.63) is 21.7 Å². The van der Waals surface area contributed by atoms with Crippen LogP contribution in [0, 0.1) is 10.1 Å². The van der Waals surface area contributed by atoms with Crippen LogP contribution < -0.4 is 10.6 Å². The van der Waals surface area contributed by atoms with Crippen molar-refractivity contribution in [2.75, 3.05) is 25.0 Å². The monoisotopic (exact) mass is 241 g/mol. The maximum atomic E-state index is 11.0. The van der Waals surface area contributed by atoms with E-state index in [1.54, 1.807) is 23.5 Å². The molecule has 0 spiro atoms. The van der Waals surface area contributed by atoms with Gasteiger partial charge in [0.05, 0.1) is 0 Å². The van der Waals surface area contributed by atoms with Crippen LogP contribution in [0.1, 0.15) is 0 Å². The third-order valence-corrected chi connectivity index (χ3v) is 2.97. The number of hydrogen-bond donors (Lipinski definition) is 1. The summed E-state index contributed by atoms with van der Waals surface area (Å²) in [5.41, 5.74) is 5.42. The number of nitrogens with zero attached hydrogens (tertiary/aromatic N) is 4. The molecule has 0 atom stereocenters. The van der Waals surface area contributed by atoms with Crippen molar-refractivity contribution in [2.45, 2.75) is 0 Å². The Morgan fingerprint density at radius 1 is 1.75 bits per heavy atom. The molecule has 2 aromatic heterocycles. The summed E-state index contributed by atoms with van der Waals surface area (Å²) in [5.74, 6) is 0.356. The lowest BCUT2D eigenvalue weighted by Gasteiger charge is -2.13. The Hall–Kier alpha value is -1.67. The number of nitrogens with two attached hydrogens (primary N) is 1. The zero-order valence-electron chi connectivity index (χ0n) is 8.66. The van der Waals surface area contributed by atoms with Crippen LogP contribution in [0.25, 0.3) is 4.96 Å². The Balaban J connectivity index is 2.54. The SMILES string of the molecule is CN(CCN)c1nc2sccn2c1[N+](=O)[O-]. The number of nitro groups is 1. The number of rotatable bonds is 4. The van der Waals surface area contributed by atoms with Gasteiger partial charge in [-0.05, 0) is 4.92 Å². The second-order valence-electron chi connectivity index (χ2n) is 3.28. The van der Waals surface area contributed by atoms with E-state index in [-0.39, 0.29) is 5.82 Å². The van der Waals surface area contributed by atoms with Gasteiger partial charge in [-0.3, -0.25) is 0 Å². The predicted octanol–water partition coefficient (Wildman–Crippen LogP) is 0.699. The largest absolute Gasteiger partial charge is 0.373 e. The second-order valence-corrected chi connectivity index (χ2v) is 4.15. The first kappa shape index (κ1) is 10.8. The van der Waals surface area contributed by atoms with Gasteiger partial charge in [0.1, 0.15) is 6.20 Å². The minimum atomic E-state index is -0.422. The van der Waals surface area contributed by atoms with Crippen LogP contribution in [0.15, 0.2) is 11.6 Å². The summed E-state index contributed by atoms with van der Waals surface area (Å²) >= 11 is 1.36. The van der Waals surface area contributed by atoms with Crippen LogP contribution >= 0.6 is 11.3 Å². The van der Waals surface area contributed by atoms with E-state index in [0.29, 0.717) is 23.9 Å². The molecule has 0 saturated carbocycles. The molecule has 0 amide bonds. The first-order chi connectivity index (χ1) is 7.65. The van der Waals surface area contributed by atoms with E-state index in [1.807, 2.05) is 0 Å². The van der Waals surface area contributed by atoms with Gasteiger partial charge < -0.3 is 20.7 Å². The molecule has 0 fully saturated rings. The van der Waals surface area contributed by atoms with Crippen LogP contribution in [-0.2, 0) is 0 Å². The molecule has 86 valence electrons. The highest BCUT2D eigenvalue weighted by Gasteiger charge is 2.25. The highest BCUT2D eigenvalue weighted by molar-refractivity contribution is 7.15. The van der Waals surface area contributed by atoms with E-state index in [4.69, 9.17) is 5.73 Å². The number of anilines is 1. The minimum absolute atomic E-state index is 0.00722. The molecule has 0 saturated heterocycles. The van der Waals surface area contributed by atoms with Gasteiger partial charge in [0.2, 0.25) is 5.82 Å². The fraction of sp³-hybridized carbons (Fsp3) is 0.375. The molecule has 2 N–H and O–H groups in total. The van der Waals surface area contributed by atoms with Gasteiger partial charge in [-0.25, -0.2) is 0 Å². The number of thiazole rings is 1. The van der Waals surface area contributed by atoms with Crippen molar-refractivity contribution in [1.29, 1.82) is 0 Å². The fourth-order valence-corrected chi connectivity index (χ4v) is 2.19. The summed E-state index contributed by atoms with van der Waals surface area (Å²) in [6.45, 7) is 0.963. The fourth-order valence-electron chi connectivity index (χ4n) is 1.49. The Morgan fingerprint density at radius 2 is 2.50 bits per heavy atom. The Morgan fingerprint density at radius 3 is 3.12 bits per heavy atom. The van der Waals surface area contributed by atoms with E-state index < -0.39 is 4.92 Å². The first-order valence-electron chi connectivity index (χ1n) is 4.66. The van der Waals surface area contributed by atoms with Crippen LogP contribution in [0.3, 0.4) is 0 Å². The van der Waals surface area contributed by atoms with Crippen molar-refractivity contribution < 1.29 is 4.92 Å². The molecule has 0 aliphatic heterocycles. The molecular weight excluding hydrogens is 230 g/mol. The molecule has 2 rings (SSSR count). The van der Waals surface area contributed by atoms with Crippen molar-refractivity contribution in [1.82, 2.24) is 9.38 Å². The highest BCUT2D eigenvalue weighted by Crippen LogP contribution is 2.29. The quantitative estimate of drug-likeness (QED) is 0.628. The lowest BCUT2D eigenvalue weighted by molar-refractivity contribution is -0.389. The van der Waals surface area contributed by atoms with Gasteiger partial charge in [0.25, 0.3) is 4.96 Å². The zero-order valence-corrected chi connectivity index (χ0v) is 9.48. The van der Waals surface area contributed by atoms with Crippen molar-refractivity contribution in [3.8, 4) is 0 Å². The van der Waals surface area contributed by atoms with Crippen LogP contribution in [0.5, 0.6) is 0 Å². The molecule has 2 heterocycles. The Bertz CT molecular complexity index is 519. The van der Waals surface area contributed by atoms with Gasteiger partial charge in [0, 0.05) is 25.5 Å². The average molecular weight is 241 g/mol. The lowest BCUT2D eigenvalue weighted by atomic mass is 10.5. The number of likely N-dealkylation sites (N-methyl/N-ethyl adjacent to an activating group) is 1. The summed E-state index contributed by atoms with van der Waals surface area (Å²) in [4.78, 5) is 17.1. The third kappa shape index (κ3) is 1.61. The minimum Gasteiger partial charge on any atom is -0.358 e. The number of hydrogen-bond acceptors (Lipinski definition) is 6. The summed E-state index contributed by atoms with van der Waals surface area (Å²) in [5, 5.41) is 12.8. The molecule has 2 aromatic rings. The van der Waals surface area contributed by atoms with E-state index in [0.717, 1.165) is 0 Å². The normalized spacial score (nSPS) is 10.9. The summed E-state index contributed by atoms with van der Waals surface area (Å²) < 4.78 is 1.48. The van der Waals surface area contributed by atoms with Gasteiger partial charge in [-0.1, -0.05) is 11.3 Å². The zero-order chi connectivity index (χ0) is 11.7. The second kappa shape index (κ2) is 4.06. The lowest BCUT2D eigenvalue weighted by Crippen LogP contribution is -2.25. The summed E-state index contributed by atoms with van der Waals surface area (Å²) in [7, 11) is 1.74. The van der Waals surface area contributed by atoms with E-state index >= 15 is 0 Å². The molecule has 0 unspecified atom stereocenters. The van der Waals surface area contributed by atoms with E-state index in [1.165, 1.54) is 15.7 Å². The van der Waals surface area contributed by atoms with Crippen LogP contribution in [0.4, 0.5) is 11.6 Å². The topological polar surface area (TPSA) is 89.7 Å². The van der Waals surface area contributed by atoms with Crippen molar-refractivity contribution in [3.63, 3.8) is 0 Å². The van der Waals surface area contributed by atoms with Gasteiger partial charge in [-0.15, -0.1) is 0 Å². The molecule has 8 heteroatoms. The molecule has 0 radical (unpaired) electrons. The maximum Gasteiger partial charge on any atom is 0.373 e. The summed E-state index contributed by atoms with van der Waals surface area (Å²) in [6.07, 6.45) is 1.64. The van der Waals surface area contributed by atoms with Crippen molar-refractivity contribution in [2.24, 2.45) is 5.73 Å². The van der Waals surface area contributed by atoms with E-state index in [2.05, 4.69) is 4.98 Å². The van der Waals surface area contributed by atoms with Crippen molar-refractivity contribution >= 4 is 27.9 Å². The molecule has 0 aliphatic rings. The van der Waals surface area contributed by atoms with Gasteiger partial charge in [-0.2, -0.15) is 9.38 Å². The molecular formula is C8H11N5O2S. The molecule has 0 bridgehead atoms. The number of fused-ring (bicyclic) bond motifs is 1. The smallest absolute Gasteiger partial charge is 0.358 e. The maximum absolute atomic E-state index is 11.0.